The number of ether oxygens (including phenoxy) is 1. The van der Waals surface area contributed by atoms with Gasteiger partial charge in [0.1, 0.15) is 6.61 Å². The maximum absolute atomic E-state index is 11.7. The number of nitrogens with two attached hydrogens (primary N) is 2. The van der Waals surface area contributed by atoms with E-state index in [9.17, 15) is 15.0 Å². The number of imidazole rings is 2. The molecule has 4 aromatic heterocycles. The van der Waals surface area contributed by atoms with E-state index >= 15 is 0 Å². The van der Waals surface area contributed by atoms with Crippen molar-refractivity contribution in [1.82, 2.24) is 39.0 Å². The van der Waals surface area contributed by atoms with Crippen molar-refractivity contribution in [3.63, 3.8) is 0 Å². The van der Waals surface area contributed by atoms with Gasteiger partial charge in [-0.15, -0.1) is 0 Å². The molecular weight excluding hydrogens is 705 g/mol. The Labute approximate surface area is 315 Å². The van der Waals surface area contributed by atoms with Crippen LogP contribution in [0.25, 0.3) is 22.3 Å². The first kappa shape index (κ1) is 38.8. The van der Waals surface area contributed by atoms with Crippen LogP contribution in [0.3, 0.4) is 0 Å². The molecule has 0 unspecified atom stereocenters. The number of hydrogen-bond acceptors (Lipinski definition) is 12. The van der Waals surface area contributed by atoms with E-state index in [0.717, 1.165) is 17.6 Å². The Kier molecular flexibility index (Phi) is 10.8. The Bertz CT molecular complexity index is 2210. The Morgan fingerprint density at radius 3 is 2.19 bits per heavy atom. The van der Waals surface area contributed by atoms with Gasteiger partial charge >= 0.3 is 0 Å². The summed E-state index contributed by atoms with van der Waals surface area (Å²) in [7, 11) is -1.83. The van der Waals surface area contributed by atoms with Crippen molar-refractivity contribution >= 4 is 42.5 Å². The number of aliphatic hydroxyl groups excluding tert-OH is 2. The number of anilines is 2. The van der Waals surface area contributed by atoms with E-state index in [2.05, 4.69) is 88.4 Å². The second kappa shape index (κ2) is 15.1. The fraction of sp³-hybridized carbons (Fsp3) is 0.474. The zero-order valence-electron chi connectivity index (χ0n) is 31.9. The highest BCUT2D eigenvalue weighted by Crippen LogP contribution is 2.46. The number of hydrogen-bond donors (Lipinski definition) is 5. The molecule has 7 N–H and O–H groups in total. The summed E-state index contributed by atoms with van der Waals surface area (Å²) in [5, 5.41) is 19.4. The van der Waals surface area contributed by atoms with Gasteiger partial charge in [-0.2, -0.15) is 15.0 Å². The van der Waals surface area contributed by atoms with Crippen LogP contribution in [0.5, 0.6) is 5.88 Å². The third kappa shape index (κ3) is 7.55. The van der Waals surface area contributed by atoms with Crippen molar-refractivity contribution in [2.45, 2.75) is 83.5 Å². The fourth-order valence-electron chi connectivity index (χ4n) is 7.06. The van der Waals surface area contributed by atoms with Crippen LogP contribution in [-0.2, 0) is 11.0 Å². The SMILES string of the molecule is C=C1[C@H](CO)[C@@H](O)C[C@@H]1n1cnc2c(=O)[nH]c(N)nc21.C=C1[C@H](CO[Si](C)(C)C(C)(C)C)[C@@H](C)C[C@@H]1n1cnc2c(OCc3ccccc3)nc(N)nc21. The van der Waals surface area contributed by atoms with Gasteiger partial charge in [-0.1, -0.05) is 71.2 Å². The van der Waals surface area contributed by atoms with Crippen LogP contribution >= 0.6 is 0 Å². The van der Waals surface area contributed by atoms with Crippen molar-refractivity contribution in [1.29, 1.82) is 0 Å². The minimum atomic E-state index is -1.83. The van der Waals surface area contributed by atoms with Crippen molar-refractivity contribution in [2.75, 3.05) is 24.7 Å². The molecule has 0 amide bonds. The fourth-order valence-corrected chi connectivity index (χ4v) is 8.09. The lowest BCUT2D eigenvalue weighted by Crippen LogP contribution is -2.42. The molecule has 288 valence electrons. The first-order valence-electron chi connectivity index (χ1n) is 18.2. The summed E-state index contributed by atoms with van der Waals surface area (Å²) in [6, 6.07) is 9.79. The quantitative estimate of drug-likeness (QED) is 0.0999. The van der Waals surface area contributed by atoms with Gasteiger partial charge in [-0.05, 0) is 53.6 Å². The molecule has 7 rings (SSSR count). The van der Waals surface area contributed by atoms with Crippen molar-refractivity contribution in [3.8, 4) is 5.88 Å². The summed E-state index contributed by atoms with van der Waals surface area (Å²) in [6.45, 7) is 23.1. The van der Waals surface area contributed by atoms with E-state index in [1.165, 1.54) is 6.33 Å². The van der Waals surface area contributed by atoms with Crippen LogP contribution in [0.1, 0.15) is 58.2 Å². The van der Waals surface area contributed by atoms with Gasteiger partial charge in [0.2, 0.25) is 17.8 Å². The van der Waals surface area contributed by atoms with E-state index < -0.39 is 20.0 Å². The lowest BCUT2D eigenvalue weighted by molar-refractivity contribution is 0.101. The molecule has 2 fully saturated rings. The third-order valence-corrected chi connectivity index (χ3v) is 15.9. The summed E-state index contributed by atoms with van der Waals surface area (Å²) in [4.78, 5) is 35.7. The maximum atomic E-state index is 11.7. The first-order chi connectivity index (χ1) is 25.5. The summed E-state index contributed by atoms with van der Waals surface area (Å²) in [5.74, 6) is 0.951. The largest absolute Gasteiger partial charge is 0.471 e. The van der Waals surface area contributed by atoms with Gasteiger partial charge in [0.25, 0.3) is 5.56 Å². The van der Waals surface area contributed by atoms with Crippen LogP contribution in [0.2, 0.25) is 18.1 Å². The number of benzene rings is 1. The lowest BCUT2D eigenvalue weighted by atomic mass is 9.97. The molecular formula is C38H52N10O5Si. The molecule has 0 radical (unpaired) electrons. The number of H-pyrrole nitrogens is 1. The summed E-state index contributed by atoms with van der Waals surface area (Å²) in [6.07, 6.45) is 3.97. The molecule has 0 bridgehead atoms. The lowest BCUT2D eigenvalue weighted by Gasteiger charge is -2.37. The maximum Gasteiger partial charge on any atom is 0.280 e. The second-order valence-corrected chi connectivity index (χ2v) is 20.7. The standard InChI is InChI=1S/C26H37N5O2Si.C12H15N5O3/c1-17-13-21(18(2)20(17)15-33-34(6,7)26(3,4)5)31-16-28-22-23(31)29-25(27)30-24(22)32-14-19-11-9-8-10-12-19;1-5-6(3-18)8(19)2-7(5)17-4-14-9-10(17)15-12(13)16-11(9)20/h8-12,16-17,20-21H,2,13-15H2,1,3-7H3,(H2,27,29,30);4,6-8,18-19H,1-3H2,(H3,13,15,16,20)/t17-,20+,21-;6-,7-,8-/m00/s1. The van der Waals surface area contributed by atoms with Crippen LogP contribution in [-0.4, -0.2) is 76.9 Å². The van der Waals surface area contributed by atoms with Crippen LogP contribution < -0.4 is 21.8 Å². The van der Waals surface area contributed by atoms with Gasteiger partial charge in [0.15, 0.2) is 30.6 Å². The number of aromatic amines is 1. The highest BCUT2D eigenvalue weighted by atomic mass is 28.4. The minimum absolute atomic E-state index is 0.00659. The Morgan fingerprint density at radius 1 is 0.944 bits per heavy atom. The van der Waals surface area contributed by atoms with Gasteiger partial charge in [-0.25, -0.2) is 9.97 Å². The highest BCUT2D eigenvalue weighted by Gasteiger charge is 2.42. The van der Waals surface area contributed by atoms with Gasteiger partial charge in [0.05, 0.1) is 37.4 Å². The van der Waals surface area contributed by atoms with Crippen LogP contribution in [0, 0.1) is 17.8 Å². The van der Waals surface area contributed by atoms with Crippen LogP contribution in [0.15, 0.2) is 72.1 Å². The molecule has 54 heavy (non-hydrogen) atoms. The molecule has 2 aliphatic rings. The monoisotopic (exact) mass is 756 g/mol. The summed E-state index contributed by atoms with van der Waals surface area (Å²) >= 11 is 0. The molecule has 2 saturated carbocycles. The van der Waals surface area contributed by atoms with Crippen molar-refractivity contribution in [3.05, 3.63) is 83.2 Å². The number of nitrogens with one attached hydrogen (secondary N) is 1. The number of aromatic nitrogens is 8. The molecule has 0 spiro atoms. The van der Waals surface area contributed by atoms with Crippen LogP contribution in [0.4, 0.5) is 11.9 Å². The highest BCUT2D eigenvalue weighted by molar-refractivity contribution is 6.74. The number of fused-ring (bicyclic) bond motifs is 2. The summed E-state index contributed by atoms with van der Waals surface area (Å²) in [5.41, 5.74) is 15.9. The molecule has 6 atom stereocenters. The van der Waals surface area contributed by atoms with E-state index in [1.54, 1.807) is 4.57 Å². The number of aliphatic hydroxyl groups is 2. The van der Waals surface area contributed by atoms with E-state index in [0.29, 0.717) is 59.7 Å². The Hall–Kier alpha value is -4.90. The number of rotatable bonds is 9. The predicted octanol–water partition coefficient (Wildman–Crippen LogP) is 4.93. The van der Waals surface area contributed by atoms with Gasteiger partial charge in [-0.3, -0.25) is 9.78 Å². The van der Waals surface area contributed by atoms with Crippen molar-refractivity contribution < 1.29 is 19.4 Å². The average molecular weight is 757 g/mol. The molecule has 0 aliphatic heterocycles. The smallest absolute Gasteiger partial charge is 0.280 e. The number of nitrogens with zero attached hydrogens (tertiary/aromatic N) is 7. The summed E-state index contributed by atoms with van der Waals surface area (Å²) < 4.78 is 16.3. The molecule has 16 heteroatoms. The second-order valence-electron chi connectivity index (χ2n) is 15.9. The van der Waals surface area contributed by atoms with E-state index in [1.807, 2.05) is 36.7 Å². The Balaban J connectivity index is 0.000000210. The molecule has 4 heterocycles. The van der Waals surface area contributed by atoms with Crippen molar-refractivity contribution in [2.24, 2.45) is 17.8 Å². The van der Waals surface area contributed by atoms with Gasteiger partial charge in [0, 0.05) is 18.4 Å². The Morgan fingerprint density at radius 2 is 1.56 bits per heavy atom. The van der Waals surface area contributed by atoms with E-state index in [-0.39, 0.29) is 47.1 Å². The van der Waals surface area contributed by atoms with E-state index in [4.69, 9.17) is 20.6 Å². The molecule has 1 aromatic carbocycles. The zero-order valence-corrected chi connectivity index (χ0v) is 32.9. The normalized spacial score (nSPS) is 23.3. The zero-order chi connectivity index (χ0) is 39.1. The van der Waals surface area contributed by atoms with Gasteiger partial charge < -0.3 is 40.0 Å². The molecule has 0 saturated heterocycles. The molecule has 5 aromatic rings. The third-order valence-electron chi connectivity index (χ3n) is 11.4. The number of nitrogen functional groups attached to an aromatic ring is 2. The minimum Gasteiger partial charge on any atom is -0.471 e. The topological polar surface area (TPSA) is 218 Å². The first-order valence-corrected chi connectivity index (χ1v) is 21.1. The predicted molar refractivity (Wildman–Crippen MR) is 211 cm³/mol. The molecule has 2 aliphatic carbocycles. The average Bonchev–Trinajstić information content (AvgIpc) is 3.86. The molecule has 15 nitrogen and oxygen atoms in total.